The van der Waals surface area contributed by atoms with Gasteiger partial charge in [0, 0.05) is 34.6 Å². The van der Waals surface area contributed by atoms with E-state index in [1.54, 1.807) is 0 Å². The van der Waals surface area contributed by atoms with Gasteiger partial charge in [-0.1, -0.05) is 140 Å². The van der Waals surface area contributed by atoms with Crippen molar-refractivity contribution >= 4 is 54.7 Å². The highest BCUT2D eigenvalue weighted by Crippen LogP contribution is 2.44. The lowest BCUT2D eigenvalue weighted by atomic mass is 9.91. The van der Waals surface area contributed by atoms with E-state index in [1.807, 2.05) is 0 Å². The van der Waals surface area contributed by atoms with Gasteiger partial charge in [0.15, 0.2) is 0 Å². The van der Waals surface area contributed by atoms with E-state index in [0.717, 1.165) is 22.5 Å². The van der Waals surface area contributed by atoms with Crippen LogP contribution in [-0.4, -0.2) is 17.3 Å². The minimum Gasteiger partial charge on any atom is -0.335 e. The molecule has 3 nitrogen and oxygen atoms in total. The van der Waals surface area contributed by atoms with Gasteiger partial charge in [-0.3, -0.25) is 0 Å². The number of anilines is 1. The van der Waals surface area contributed by atoms with Gasteiger partial charge < -0.3 is 9.47 Å². The van der Waals surface area contributed by atoms with Crippen LogP contribution in [0.2, 0.25) is 0 Å². The van der Waals surface area contributed by atoms with Crippen LogP contribution in [0.25, 0.3) is 65.6 Å². The monoisotopic (exact) mass is 639 g/mol. The summed E-state index contributed by atoms with van der Waals surface area (Å²) in [5.74, 6) is 0. The molecule has 50 heavy (non-hydrogen) atoms. The number of benzene rings is 8. The Labute approximate surface area is 291 Å². The lowest BCUT2D eigenvalue weighted by molar-refractivity contribution is 0.540. The van der Waals surface area contributed by atoms with Crippen molar-refractivity contribution in [1.29, 1.82) is 0 Å². The summed E-state index contributed by atoms with van der Waals surface area (Å²) in [4.78, 5) is 8.09. The fraction of sp³-hybridized carbons (Fsp3) is 0.0426. The van der Waals surface area contributed by atoms with Gasteiger partial charge in [0.2, 0.25) is 6.29 Å². The number of aromatic nitrogens is 1. The van der Waals surface area contributed by atoms with Crippen molar-refractivity contribution in [3.8, 4) is 22.3 Å². The maximum absolute atomic E-state index is 5.75. The number of nitrogens with zero attached hydrogens (tertiary/aromatic N) is 3. The normalized spacial score (nSPS) is 14.4. The molecule has 3 heteroatoms. The molecular weight excluding hydrogens is 607 g/mol. The van der Waals surface area contributed by atoms with Gasteiger partial charge in [0.1, 0.15) is 0 Å². The Morgan fingerprint density at radius 2 is 0.920 bits per heavy atom. The third-order valence-electron chi connectivity index (χ3n) is 10.4. The molecule has 0 saturated carbocycles. The average molecular weight is 640 g/mol. The van der Waals surface area contributed by atoms with Gasteiger partial charge >= 0.3 is 0 Å². The number of para-hydroxylation sites is 1. The van der Waals surface area contributed by atoms with Crippen molar-refractivity contribution in [2.45, 2.75) is 6.29 Å². The number of hydrogen-bond donors (Lipinski definition) is 0. The Morgan fingerprint density at radius 3 is 1.50 bits per heavy atom. The minimum absolute atomic E-state index is 0.317. The lowest BCUT2D eigenvalue weighted by Gasteiger charge is -2.35. The van der Waals surface area contributed by atoms with Crippen LogP contribution in [0.1, 0.15) is 17.4 Å². The Morgan fingerprint density at radius 1 is 0.440 bits per heavy atom. The molecule has 0 bridgehead atoms. The predicted octanol–water partition coefficient (Wildman–Crippen LogP) is 11.9. The molecule has 0 spiro atoms. The van der Waals surface area contributed by atoms with Gasteiger partial charge in [-0.25, -0.2) is 4.99 Å². The third-order valence-corrected chi connectivity index (χ3v) is 10.4. The van der Waals surface area contributed by atoms with Crippen molar-refractivity contribution in [3.05, 3.63) is 187 Å². The Kier molecular flexibility index (Phi) is 6.47. The van der Waals surface area contributed by atoms with E-state index in [-0.39, 0.29) is 6.29 Å². The maximum atomic E-state index is 5.75. The molecular formula is C47H33N3. The number of fused-ring (bicyclic) bond motifs is 8. The molecule has 1 unspecified atom stereocenters. The van der Waals surface area contributed by atoms with Gasteiger partial charge in [-0.15, -0.1) is 0 Å². The second-order valence-corrected chi connectivity index (χ2v) is 13.2. The van der Waals surface area contributed by atoms with Crippen molar-refractivity contribution in [2.24, 2.45) is 4.99 Å². The lowest BCUT2D eigenvalue weighted by Crippen LogP contribution is -2.33. The Hall–Kier alpha value is -6.45. The molecule has 10 rings (SSSR count). The van der Waals surface area contributed by atoms with Crippen molar-refractivity contribution in [1.82, 2.24) is 4.57 Å². The molecule has 0 radical (unpaired) electrons. The van der Waals surface area contributed by atoms with Crippen molar-refractivity contribution < 1.29 is 0 Å². The minimum atomic E-state index is -0.317. The van der Waals surface area contributed by atoms with Gasteiger partial charge in [0.25, 0.3) is 0 Å². The molecule has 1 atom stereocenters. The van der Waals surface area contributed by atoms with Gasteiger partial charge in [0.05, 0.1) is 16.7 Å². The second kappa shape index (κ2) is 11.3. The van der Waals surface area contributed by atoms with E-state index >= 15 is 0 Å². The summed E-state index contributed by atoms with van der Waals surface area (Å²) in [6.07, 6.45) is -0.317. The van der Waals surface area contributed by atoms with E-state index in [9.17, 15) is 0 Å². The largest absolute Gasteiger partial charge is 0.335 e. The Bertz CT molecular complexity index is 2620. The van der Waals surface area contributed by atoms with Crippen LogP contribution in [0.5, 0.6) is 0 Å². The molecule has 0 amide bonds. The van der Waals surface area contributed by atoms with Crippen LogP contribution in [-0.2, 0) is 0 Å². The highest BCUT2D eigenvalue weighted by Gasteiger charge is 2.30. The predicted molar refractivity (Wildman–Crippen MR) is 211 cm³/mol. The maximum Gasteiger partial charge on any atom is 0.203 e. The summed E-state index contributed by atoms with van der Waals surface area (Å²) in [6.45, 7) is 0. The summed E-state index contributed by atoms with van der Waals surface area (Å²) >= 11 is 0. The van der Waals surface area contributed by atoms with Crippen LogP contribution in [0, 0.1) is 0 Å². The molecule has 0 N–H and O–H groups in total. The van der Waals surface area contributed by atoms with E-state index in [0.29, 0.717) is 0 Å². The number of aliphatic imine (C=N–C) groups is 1. The first kappa shape index (κ1) is 28.6. The fourth-order valence-corrected chi connectivity index (χ4v) is 8.02. The summed E-state index contributed by atoms with van der Waals surface area (Å²) in [5.41, 5.74) is 11.5. The summed E-state index contributed by atoms with van der Waals surface area (Å²) < 4.78 is 2.46. The molecule has 9 aromatic rings. The molecule has 0 aliphatic carbocycles. The number of rotatable bonds is 4. The quantitative estimate of drug-likeness (QED) is 0.188. The zero-order valence-electron chi connectivity index (χ0n) is 27.7. The van der Waals surface area contributed by atoms with Crippen molar-refractivity contribution in [2.75, 3.05) is 11.9 Å². The van der Waals surface area contributed by atoms with E-state index < -0.39 is 0 Å². The van der Waals surface area contributed by atoms with Crippen LogP contribution in [0.4, 0.5) is 5.69 Å². The second-order valence-electron chi connectivity index (χ2n) is 13.2. The van der Waals surface area contributed by atoms with Crippen LogP contribution >= 0.6 is 0 Å². The SMILES string of the molecule is CN1c2ccccc2C(c2cc(-c3ccccc3)cc(-c3ccccc3)c2)=NC1n1c2ccc3ccccc3c2c2c3ccccc3ccc21. The topological polar surface area (TPSA) is 20.5 Å². The smallest absolute Gasteiger partial charge is 0.203 e. The fourth-order valence-electron chi connectivity index (χ4n) is 8.02. The zero-order chi connectivity index (χ0) is 33.2. The molecule has 0 fully saturated rings. The highest BCUT2D eigenvalue weighted by atomic mass is 15.4. The number of hydrogen-bond acceptors (Lipinski definition) is 2. The molecule has 0 saturated heterocycles. The Balaban J connectivity index is 1.28. The summed E-state index contributed by atoms with van der Waals surface area (Å²) in [6, 6.07) is 63.6. The van der Waals surface area contributed by atoms with Crippen LogP contribution in [0.3, 0.4) is 0 Å². The first-order chi connectivity index (χ1) is 24.7. The zero-order valence-corrected chi connectivity index (χ0v) is 27.7. The third kappa shape index (κ3) is 4.40. The van der Waals surface area contributed by atoms with Gasteiger partial charge in [-0.05, 0) is 80.2 Å². The van der Waals surface area contributed by atoms with E-state index in [4.69, 9.17) is 4.99 Å². The van der Waals surface area contributed by atoms with Crippen LogP contribution in [0.15, 0.2) is 181 Å². The van der Waals surface area contributed by atoms with Gasteiger partial charge in [-0.2, -0.15) is 0 Å². The molecule has 1 aliphatic rings. The van der Waals surface area contributed by atoms with E-state index in [2.05, 4.69) is 192 Å². The first-order valence-electron chi connectivity index (χ1n) is 17.2. The standard InChI is InChI=1S/C47H33N3/c1-49-41-23-13-12-22-40(41)46(37-29-35(31-14-4-2-5-15-31)28-36(30-37)32-16-6-3-7-17-32)48-47(49)50-42-26-24-33-18-8-10-20-38(33)44(42)45-39-21-11-9-19-34(39)25-27-43(45)50/h2-30,47H,1H3. The first-order valence-corrected chi connectivity index (χ1v) is 17.2. The molecule has 1 aliphatic heterocycles. The van der Waals surface area contributed by atoms with Crippen LogP contribution < -0.4 is 4.90 Å². The molecule has 2 heterocycles. The van der Waals surface area contributed by atoms with Crippen molar-refractivity contribution in [3.63, 3.8) is 0 Å². The average Bonchev–Trinajstić information content (AvgIpc) is 3.54. The molecule has 8 aromatic carbocycles. The van der Waals surface area contributed by atoms with E-state index in [1.165, 1.54) is 65.6 Å². The molecule has 1 aromatic heterocycles. The summed E-state index contributed by atoms with van der Waals surface area (Å²) in [7, 11) is 2.18. The summed E-state index contributed by atoms with van der Waals surface area (Å²) in [5, 5.41) is 7.55. The highest BCUT2D eigenvalue weighted by molar-refractivity contribution is 6.28. The molecule has 236 valence electrons.